The molecule has 10 heteroatoms. The van der Waals surface area contributed by atoms with E-state index in [4.69, 9.17) is 4.74 Å². The fourth-order valence-electron chi connectivity index (χ4n) is 5.04. The maximum atomic E-state index is 15.2. The van der Waals surface area contributed by atoms with E-state index < -0.39 is 28.9 Å². The first kappa shape index (κ1) is 22.6. The molecule has 2 atom stereocenters. The summed E-state index contributed by atoms with van der Waals surface area (Å²) in [5.41, 5.74) is -1.54. The molecule has 2 unspecified atom stereocenters. The number of carboxylic acid groups (broad SMARTS) is 1. The van der Waals surface area contributed by atoms with Gasteiger partial charge in [0, 0.05) is 36.8 Å². The molecule has 1 aliphatic heterocycles. The maximum absolute atomic E-state index is 15.2. The van der Waals surface area contributed by atoms with Crippen molar-refractivity contribution in [3.63, 3.8) is 0 Å². The van der Waals surface area contributed by atoms with Gasteiger partial charge in [-0.15, -0.1) is 0 Å². The lowest BCUT2D eigenvalue weighted by atomic mass is 9.94. The van der Waals surface area contributed by atoms with Gasteiger partial charge in [0.25, 0.3) is 0 Å². The van der Waals surface area contributed by atoms with Crippen molar-refractivity contribution in [2.75, 3.05) is 18.0 Å². The third-order valence-corrected chi connectivity index (χ3v) is 6.90. The van der Waals surface area contributed by atoms with Crippen LogP contribution in [0.15, 0.2) is 17.1 Å². The number of halogens is 1. The second-order valence-corrected chi connectivity index (χ2v) is 10.8. The first-order valence-corrected chi connectivity index (χ1v) is 11.7. The summed E-state index contributed by atoms with van der Waals surface area (Å²) in [6.07, 6.45) is 5.11. The first-order valence-electron chi connectivity index (χ1n) is 11.7. The summed E-state index contributed by atoms with van der Waals surface area (Å²) in [6.45, 7) is 6.58. The number of rotatable bonds is 4. The van der Waals surface area contributed by atoms with E-state index >= 15 is 4.39 Å². The minimum atomic E-state index is -1.33. The van der Waals surface area contributed by atoms with E-state index in [9.17, 15) is 19.5 Å². The number of aromatic carboxylic acids is 1. The minimum Gasteiger partial charge on any atom is -0.477 e. The zero-order valence-electron chi connectivity index (χ0n) is 19.6. The van der Waals surface area contributed by atoms with Crippen molar-refractivity contribution < 1.29 is 23.8 Å². The molecular weight excluding hydrogens is 443 g/mol. The van der Waals surface area contributed by atoms with Crippen molar-refractivity contribution in [3.05, 3.63) is 33.9 Å². The molecule has 2 saturated carbocycles. The van der Waals surface area contributed by atoms with Crippen LogP contribution < -0.4 is 15.6 Å². The molecule has 3 aliphatic rings. The number of carboxylic acids is 1. The van der Waals surface area contributed by atoms with Gasteiger partial charge in [-0.2, -0.15) is 0 Å². The van der Waals surface area contributed by atoms with Crippen LogP contribution >= 0.6 is 0 Å². The summed E-state index contributed by atoms with van der Waals surface area (Å²) in [7, 11) is 0. The monoisotopic (exact) mass is 472 g/mol. The summed E-state index contributed by atoms with van der Waals surface area (Å²) in [6, 6.07) is 1.14. The number of hydrogen-bond donors (Lipinski definition) is 2. The lowest BCUT2D eigenvalue weighted by Crippen LogP contribution is -2.43. The van der Waals surface area contributed by atoms with E-state index in [0.717, 1.165) is 38.2 Å². The van der Waals surface area contributed by atoms with Crippen LogP contribution in [0.3, 0.4) is 0 Å². The molecule has 182 valence electrons. The highest BCUT2D eigenvalue weighted by atomic mass is 19.1. The standard InChI is InChI=1S/C24H29FN4O5/c1-23(2,3)34-22(33)26-17-10-24(17)7-4-8-28(12-24)20-16(25)9-14-18(30)15(21(31)32)11-29(13-5-6-13)19(14)27-20/h9,11,13,17H,4-8,10,12H2,1-3H3,(H,26,33)(H,31,32). The van der Waals surface area contributed by atoms with Gasteiger partial charge >= 0.3 is 12.1 Å². The summed E-state index contributed by atoms with van der Waals surface area (Å²) in [4.78, 5) is 42.9. The van der Waals surface area contributed by atoms with E-state index in [2.05, 4.69) is 10.3 Å². The van der Waals surface area contributed by atoms with Gasteiger partial charge in [0.15, 0.2) is 11.6 Å². The molecule has 2 aromatic rings. The van der Waals surface area contributed by atoms with Crippen LogP contribution in [0, 0.1) is 11.2 Å². The summed E-state index contributed by atoms with van der Waals surface area (Å²) >= 11 is 0. The number of hydrogen-bond acceptors (Lipinski definition) is 6. The number of aromatic nitrogens is 2. The smallest absolute Gasteiger partial charge is 0.407 e. The number of carbonyl (C=O) groups excluding carboxylic acids is 1. The quantitative estimate of drug-likeness (QED) is 0.701. The Balaban J connectivity index is 1.43. The van der Waals surface area contributed by atoms with Crippen LogP contribution in [-0.4, -0.2) is 51.5 Å². The summed E-state index contributed by atoms with van der Waals surface area (Å²) in [5.74, 6) is -1.82. The largest absolute Gasteiger partial charge is 0.477 e. The minimum absolute atomic E-state index is 0.0179. The van der Waals surface area contributed by atoms with E-state index in [1.165, 1.54) is 6.20 Å². The van der Waals surface area contributed by atoms with Gasteiger partial charge in [0.05, 0.1) is 5.39 Å². The van der Waals surface area contributed by atoms with Crippen LogP contribution in [-0.2, 0) is 4.74 Å². The van der Waals surface area contributed by atoms with Gasteiger partial charge in [-0.05, 0) is 58.9 Å². The number of nitrogens with zero attached hydrogens (tertiary/aromatic N) is 3. The number of amides is 1. The summed E-state index contributed by atoms with van der Waals surface area (Å²) in [5, 5.41) is 12.3. The molecule has 1 saturated heterocycles. The molecule has 9 nitrogen and oxygen atoms in total. The Morgan fingerprint density at radius 3 is 2.71 bits per heavy atom. The van der Waals surface area contributed by atoms with Crippen LogP contribution in [0.4, 0.5) is 15.0 Å². The number of ether oxygens (including phenoxy) is 1. The highest BCUT2D eigenvalue weighted by Crippen LogP contribution is 2.53. The van der Waals surface area contributed by atoms with Gasteiger partial charge in [-0.3, -0.25) is 4.79 Å². The van der Waals surface area contributed by atoms with Gasteiger partial charge in [0.1, 0.15) is 16.8 Å². The SMILES string of the molecule is CC(C)(C)OC(=O)NC1CC12CCCN(c1nc3c(cc1F)c(=O)c(C(=O)O)cn3C1CC1)C2. The van der Waals surface area contributed by atoms with Crippen molar-refractivity contribution in [2.24, 2.45) is 5.41 Å². The second kappa shape index (κ2) is 7.68. The van der Waals surface area contributed by atoms with E-state index in [1.807, 2.05) is 25.7 Å². The van der Waals surface area contributed by atoms with Gasteiger partial charge < -0.3 is 24.6 Å². The van der Waals surface area contributed by atoms with E-state index in [1.54, 1.807) is 4.57 Å². The van der Waals surface area contributed by atoms with E-state index in [-0.39, 0.29) is 34.3 Å². The highest BCUT2D eigenvalue weighted by molar-refractivity contribution is 5.92. The highest BCUT2D eigenvalue weighted by Gasteiger charge is 2.57. The Hall–Kier alpha value is -3.17. The Bertz CT molecular complexity index is 1250. The fraction of sp³-hybridized carbons (Fsp3) is 0.583. The van der Waals surface area contributed by atoms with Crippen molar-refractivity contribution in [3.8, 4) is 0 Å². The molecule has 2 aromatic heterocycles. The third kappa shape index (κ3) is 4.10. The lowest BCUT2D eigenvalue weighted by Gasteiger charge is -2.35. The van der Waals surface area contributed by atoms with Crippen molar-refractivity contribution in [1.29, 1.82) is 0 Å². The van der Waals surface area contributed by atoms with E-state index in [0.29, 0.717) is 18.7 Å². The number of nitrogens with one attached hydrogen (secondary N) is 1. The van der Waals surface area contributed by atoms with Crippen molar-refractivity contribution >= 4 is 28.9 Å². The average Bonchev–Trinajstić information content (AvgIpc) is 3.65. The molecule has 0 radical (unpaired) electrons. The molecule has 2 N–H and O–H groups in total. The Labute approximate surface area is 195 Å². The van der Waals surface area contributed by atoms with Gasteiger partial charge in [-0.25, -0.2) is 19.0 Å². The number of fused-ring (bicyclic) bond motifs is 1. The van der Waals surface area contributed by atoms with Crippen molar-refractivity contribution in [1.82, 2.24) is 14.9 Å². The molecule has 1 spiro atoms. The Morgan fingerprint density at radius 1 is 1.32 bits per heavy atom. The van der Waals surface area contributed by atoms with Crippen molar-refractivity contribution in [2.45, 2.75) is 70.6 Å². The molecule has 5 rings (SSSR count). The molecule has 3 heterocycles. The number of anilines is 1. The molecule has 0 bridgehead atoms. The number of alkyl carbamates (subject to hydrolysis) is 1. The van der Waals surface area contributed by atoms with Crippen LogP contribution in [0.2, 0.25) is 0 Å². The Kier molecular flexibility index (Phi) is 5.11. The normalized spacial score (nSPS) is 24.4. The van der Waals surface area contributed by atoms with Crippen LogP contribution in [0.25, 0.3) is 11.0 Å². The molecule has 2 aliphatic carbocycles. The molecular formula is C24H29FN4O5. The zero-order valence-corrected chi connectivity index (χ0v) is 19.6. The average molecular weight is 473 g/mol. The predicted octanol–water partition coefficient (Wildman–Crippen LogP) is 3.45. The lowest BCUT2D eigenvalue weighted by molar-refractivity contribution is 0.0514. The second-order valence-electron chi connectivity index (χ2n) is 10.8. The first-order chi connectivity index (χ1) is 16.0. The predicted molar refractivity (Wildman–Crippen MR) is 123 cm³/mol. The van der Waals surface area contributed by atoms with Crippen LogP contribution in [0.1, 0.15) is 69.3 Å². The zero-order chi connectivity index (χ0) is 24.4. The molecule has 1 amide bonds. The Morgan fingerprint density at radius 2 is 2.06 bits per heavy atom. The van der Waals surface area contributed by atoms with Gasteiger partial charge in [0.2, 0.25) is 5.43 Å². The topological polar surface area (TPSA) is 114 Å². The fourth-order valence-corrected chi connectivity index (χ4v) is 5.04. The molecule has 34 heavy (non-hydrogen) atoms. The molecule has 0 aromatic carbocycles. The van der Waals surface area contributed by atoms with Crippen LogP contribution in [0.5, 0.6) is 0 Å². The summed E-state index contributed by atoms with van der Waals surface area (Å²) < 4.78 is 22.3. The van der Waals surface area contributed by atoms with Gasteiger partial charge in [-0.1, -0.05) is 0 Å². The number of pyridine rings is 2. The third-order valence-electron chi connectivity index (χ3n) is 6.90. The maximum Gasteiger partial charge on any atom is 0.407 e. The molecule has 3 fully saturated rings. The number of carbonyl (C=O) groups is 2. The number of piperidine rings is 1.